The summed E-state index contributed by atoms with van der Waals surface area (Å²) < 4.78 is 4.17. The fraction of sp³-hybridized carbons (Fsp3) is 0.375. The van der Waals surface area contributed by atoms with Crippen LogP contribution in [0.4, 0.5) is 0 Å². The summed E-state index contributed by atoms with van der Waals surface area (Å²) in [6.07, 6.45) is 1.10. The lowest BCUT2D eigenvalue weighted by atomic mass is 10.8. The number of hydrogen-bond donors (Lipinski definition) is 2. The first-order valence-electron chi connectivity index (χ1n) is 3.41. The Labute approximate surface area is 81.8 Å². The summed E-state index contributed by atoms with van der Waals surface area (Å²) in [7, 11) is 0. The minimum atomic E-state index is -0.833. The molecule has 0 spiro atoms. The van der Waals surface area contributed by atoms with E-state index < -0.39 is 11.9 Å². The van der Waals surface area contributed by atoms with Gasteiger partial charge in [0.25, 0.3) is 11.9 Å². The van der Waals surface area contributed by atoms with E-state index in [0.717, 1.165) is 20.1 Å². The molecule has 0 amide bonds. The Hall–Kier alpha value is -1.85. The maximum atomic E-state index is 9.75. The summed E-state index contributed by atoms with van der Waals surface area (Å²) in [4.78, 5) is 27.8. The van der Waals surface area contributed by atoms with E-state index in [1.165, 1.54) is 6.92 Å². The van der Waals surface area contributed by atoms with Gasteiger partial charge in [-0.15, -0.1) is 0 Å². The van der Waals surface area contributed by atoms with Gasteiger partial charge >= 0.3 is 5.97 Å². The fourth-order valence-corrected chi connectivity index (χ4v) is 0.117. The first-order valence-corrected chi connectivity index (χ1v) is 3.41. The Morgan fingerprint density at radius 1 is 1.07 bits per heavy atom. The van der Waals surface area contributed by atoms with Crippen LogP contribution < -0.4 is 0 Å². The van der Waals surface area contributed by atoms with Crippen molar-refractivity contribution >= 4 is 17.9 Å². The molecule has 0 aromatic heterocycles. The molecule has 0 atom stereocenters. The highest BCUT2D eigenvalue weighted by Gasteiger charge is 1.79. The van der Waals surface area contributed by atoms with Crippen LogP contribution in [0.5, 0.6) is 0 Å². The molecule has 0 aliphatic rings. The average Bonchev–Trinajstić information content (AvgIpc) is 1.82. The largest absolute Gasteiger partial charge is 0.481 e. The lowest BCUT2D eigenvalue weighted by Gasteiger charge is -1.83. The molecule has 6 nitrogen and oxygen atoms in total. The highest BCUT2D eigenvalue weighted by Crippen LogP contribution is 1.70. The van der Waals surface area contributed by atoms with Crippen LogP contribution in [0.15, 0.2) is 12.8 Å². The highest BCUT2D eigenvalue weighted by molar-refractivity contribution is 5.66. The molecule has 0 fully saturated rings. The van der Waals surface area contributed by atoms with E-state index in [9.17, 15) is 4.79 Å². The third-order valence-corrected chi connectivity index (χ3v) is 0.249. The van der Waals surface area contributed by atoms with Gasteiger partial charge in [0.1, 0.15) is 0 Å². The molecular weight excluding hydrogens is 192 g/mol. The zero-order chi connectivity index (χ0) is 12.1. The van der Waals surface area contributed by atoms with Crippen molar-refractivity contribution in [1.82, 2.24) is 0 Å². The lowest BCUT2D eigenvalue weighted by molar-refractivity contribution is -0.136. The highest BCUT2D eigenvalue weighted by atomic mass is 16.5. The van der Waals surface area contributed by atoms with Crippen LogP contribution in [0.3, 0.4) is 0 Å². The number of carboxylic acid groups (broad SMARTS) is 2. The van der Waals surface area contributed by atoms with E-state index in [-0.39, 0.29) is 5.97 Å². The first kappa shape index (κ1) is 18.0. The van der Waals surface area contributed by atoms with Gasteiger partial charge in [-0.05, 0) is 0 Å². The van der Waals surface area contributed by atoms with Gasteiger partial charge in [-0.1, -0.05) is 6.58 Å². The van der Waals surface area contributed by atoms with Gasteiger partial charge in [0, 0.05) is 20.8 Å². The van der Waals surface area contributed by atoms with Crippen LogP contribution in [-0.2, 0) is 19.1 Å². The van der Waals surface area contributed by atoms with Crippen LogP contribution in [-0.4, -0.2) is 28.1 Å². The Balaban J connectivity index is -0.000000135. The Morgan fingerprint density at radius 2 is 1.29 bits per heavy atom. The molecule has 0 radical (unpaired) electrons. The molecule has 82 valence electrons. The van der Waals surface area contributed by atoms with E-state index in [4.69, 9.17) is 19.8 Å². The van der Waals surface area contributed by atoms with Gasteiger partial charge in [0.2, 0.25) is 0 Å². The molecule has 0 bridgehead atoms. The molecule has 2 N–H and O–H groups in total. The number of esters is 1. The molecule has 0 saturated heterocycles. The van der Waals surface area contributed by atoms with Crippen LogP contribution in [0.25, 0.3) is 0 Å². The SMILES string of the molecule is C=COC(C)=O.CC(=O)O.CC(=O)O. The van der Waals surface area contributed by atoms with Crippen molar-refractivity contribution in [3.8, 4) is 0 Å². The average molecular weight is 206 g/mol. The smallest absolute Gasteiger partial charge is 0.307 e. The standard InChI is InChI=1S/C4H6O2.2C2H4O2/c1-3-6-4(2)5;2*1-2(3)4/h3H,1H2,2H3;2*1H3,(H,3,4). The molecule has 0 unspecified atom stereocenters. The summed E-state index contributed by atoms with van der Waals surface area (Å²) >= 11 is 0. The summed E-state index contributed by atoms with van der Waals surface area (Å²) in [6.45, 7) is 6.65. The van der Waals surface area contributed by atoms with E-state index in [1.807, 2.05) is 0 Å². The third kappa shape index (κ3) is 643. The van der Waals surface area contributed by atoms with Crippen molar-refractivity contribution in [2.75, 3.05) is 0 Å². The lowest BCUT2D eigenvalue weighted by Crippen LogP contribution is -1.87. The molecular formula is C8H14O6. The number of ether oxygens (including phenoxy) is 1. The quantitative estimate of drug-likeness (QED) is 0.487. The van der Waals surface area contributed by atoms with E-state index in [2.05, 4.69) is 11.3 Å². The van der Waals surface area contributed by atoms with Crippen molar-refractivity contribution in [1.29, 1.82) is 0 Å². The molecule has 0 aromatic carbocycles. The molecule has 0 aromatic rings. The fourth-order valence-electron chi connectivity index (χ4n) is 0.117. The number of carbonyl (C=O) groups is 3. The number of rotatable bonds is 1. The normalized spacial score (nSPS) is 6.50. The van der Waals surface area contributed by atoms with E-state index >= 15 is 0 Å². The van der Waals surface area contributed by atoms with E-state index in [1.54, 1.807) is 0 Å². The maximum Gasteiger partial charge on any atom is 0.307 e. The summed E-state index contributed by atoms with van der Waals surface area (Å²) in [5.74, 6) is -2.00. The number of hydrogen-bond acceptors (Lipinski definition) is 4. The van der Waals surface area contributed by atoms with Crippen LogP contribution >= 0.6 is 0 Å². The Morgan fingerprint density at radius 3 is 1.29 bits per heavy atom. The van der Waals surface area contributed by atoms with Gasteiger partial charge < -0.3 is 14.9 Å². The van der Waals surface area contributed by atoms with Crippen molar-refractivity contribution in [3.05, 3.63) is 12.8 Å². The number of aliphatic carboxylic acids is 2. The van der Waals surface area contributed by atoms with Crippen molar-refractivity contribution < 1.29 is 29.3 Å². The van der Waals surface area contributed by atoms with Crippen molar-refractivity contribution in [2.24, 2.45) is 0 Å². The first-order chi connectivity index (χ1) is 6.23. The van der Waals surface area contributed by atoms with Gasteiger partial charge in [0.05, 0.1) is 6.26 Å². The minimum Gasteiger partial charge on any atom is -0.481 e. The Bertz CT molecular complexity index is 176. The molecule has 14 heavy (non-hydrogen) atoms. The van der Waals surface area contributed by atoms with Gasteiger partial charge in [-0.25, -0.2) is 0 Å². The zero-order valence-electron chi connectivity index (χ0n) is 8.31. The van der Waals surface area contributed by atoms with E-state index in [0.29, 0.717) is 0 Å². The minimum absolute atomic E-state index is 0.329. The van der Waals surface area contributed by atoms with Crippen LogP contribution in [0, 0.1) is 0 Å². The van der Waals surface area contributed by atoms with Crippen LogP contribution in [0.2, 0.25) is 0 Å². The molecule has 0 heterocycles. The molecule has 0 rings (SSSR count). The maximum absolute atomic E-state index is 9.75. The van der Waals surface area contributed by atoms with Crippen molar-refractivity contribution in [3.63, 3.8) is 0 Å². The topological polar surface area (TPSA) is 101 Å². The second-order valence-corrected chi connectivity index (χ2v) is 1.81. The zero-order valence-corrected chi connectivity index (χ0v) is 8.31. The number of carboxylic acids is 2. The molecule has 0 aliphatic heterocycles. The monoisotopic (exact) mass is 206 g/mol. The predicted octanol–water partition coefficient (Wildman–Crippen LogP) is 0.875. The molecule has 0 aliphatic carbocycles. The predicted molar refractivity (Wildman–Crippen MR) is 48.6 cm³/mol. The second kappa shape index (κ2) is 13.7. The summed E-state index contributed by atoms with van der Waals surface area (Å²) in [5, 5.41) is 14.8. The van der Waals surface area contributed by atoms with Gasteiger partial charge in [0.15, 0.2) is 0 Å². The van der Waals surface area contributed by atoms with Crippen LogP contribution in [0.1, 0.15) is 20.8 Å². The second-order valence-electron chi connectivity index (χ2n) is 1.81. The molecule has 6 heteroatoms. The summed E-state index contributed by atoms with van der Waals surface area (Å²) in [5.41, 5.74) is 0. The third-order valence-electron chi connectivity index (χ3n) is 0.249. The van der Waals surface area contributed by atoms with Gasteiger partial charge in [-0.2, -0.15) is 0 Å². The molecule has 0 saturated carbocycles. The van der Waals surface area contributed by atoms with Gasteiger partial charge in [-0.3, -0.25) is 14.4 Å². The number of carbonyl (C=O) groups excluding carboxylic acids is 1. The Kier molecular flexibility index (Phi) is 17.7. The summed E-state index contributed by atoms with van der Waals surface area (Å²) in [6, 6.07) is 0. The van der Waals surface area contributed by atoms with Crippen molar-refractivity contribution in [2.45, 2.75) is 20.8 Å².